The number of hydrogen-bond acceptors (Lipinski definition) is 4. The summed E-state index contributed by atoms with van der Waals surface area (Å²) in [6, 6.07) is 6.17. The summed E-state index contributed by atoms with van der Waals surface area (Å²) in [6.45, 7) is 3.78. The van der Waals surface area contributed by atoms with E-state index in [2.05, 4.69) is 10.2 Å². The summed E-state index contributed by atoms with van der Waals surface area (Å²) in [4.78, 5) is 15.0. The van der Waals surface area contributed by atoms with Crippen molar-refractivity contribution in [3.8, 4) is 0 Å². The highest BCUT2D eigenvalue weighted by Crippen LogP contribution is 2.19. The lowest BCUT2D eigenvalue weighted by Gasteiger charge is -2.29. The average Bonchev–Trinajstić information content (AvgIpc) is 2.54. The number of carbonyl (C=O) groups is 1. The molecule has 0 bridgehead atoms. The number of nitrogens with one attached hydrogen (secondary N) is 1. The molecule has 1 aromatic rings. The smallest absolute Gasteiger partial charge is 0.242 e. The second kappa shape index (κ2) is 8.78. The van der Waals surface area contributed by atoms with Gasteiger partial charge in [0.1, 0.15) is 0 Å². The summed E-state index contributed by atoms with van der Waals surface area (Å²) in [5, 5.41) is 2.86. The molecule has 1 heterocycles. The van der Waals surface area contributed by atoms with E-state index in [1.54, 1.807) is 12.1 Å². The molecule has 1 saturated heterocycles. The Balaban J connectivity index is 2.07. The maximum Gasteiger partial charge on any atom is 0.242 e. The molecule has 0 unspecified atom stereocenters. The molecule has 1 aromatic carbocycles. The third kappa shape index (κ3) is 5.26. The van der Waals surface area contributed by atoms with Gasteiger partial charge in [-0.2, -0.15) is 0 Å². The number of anilines is 1. The van der Waals surface area contributed by atoms with Gasteiger partial charge in [-0.1, -0.05) is 25.3 Å². The first kappa shape index (κ1) is 19.9. The van der Waals surface area contributed by atoms with Crippen molar-refractivity contribution in [3.05, 3.63) is 24.3 Å². The number of amides is 1. The molecule has 7 heteroatoms. The van der Waals surface area contributed by atoms with E-state index in [1.165, 1.54) is 45.5 Å². The monoisotopic (exact) mass is 367 g/mol. The van der Waals surface area contributed by atoms with Crippen LogP contribution >= 0.6 is 0 Å². The van der Waals surface area contributed by atoms with Gasteiger partial charge < -0.3 is 5.32 Å². The molecule has 1 aliphatic heterocycles. The van der Waals surface area contributed by atoms with Crippen LogP contribution in [0.4, 0.5) is 5.69 Å². The van der Waals surface area contributed by atoms with Crippen molar-refractivity contribution in [1.29, 1.82) is 0 Å². The van der Waals surface area contributed by atoms with Gasteiger partial charge in [0.25, 0.3) is 0 Å². The minimum atomic E-state index is -3.51. The Morgan fingerprint density at radius 2 is 1.72 bits per heavy atom. The lowest BCUT2D eigenvalue weighted by Crippen LogP contribution is -2.43. The van der Waals surface area contributed by atoms with E-state index < -0.39 is 10.0 Å². The quantitative estimate of drug-likeness (QED) is 0.868. The standard InChI is InChI=1S/C18H29N3O3S/c1-15(21-12-7-5-4-6-8-13-21)18(22)19-16-10-9-11-17(14-16)25(23,24)20(2)3/h9-11,14-15H,4-8,12-13H2,1-3H3,(H,19,22)/t15-/m1/s1. The highest BCUT2D eigenvalue weighted by molar-refractivity contribution is 7.89. The summed E-state index contributed by atoms with van der Waals surface area (Å²) in [5.74, 6) is -0.0972. The lowest BCUT2D eigenvalue weighted by atomic mass is 10.1. The van der Waals surface area contributed by atoms with E-state index in [0.717, 1.165) is 30.2 Å². The zero-order valence-corrected chi connectivity index (χ0v) is 16.2. The molecule has 2 rings (SSSR count). The van der Waals surface area contributed by atoms with E-state index in [0.29, 0.717) is 5.69 Å². The minimum Gasteiger partial charge on any atom is -0.325 e. The Morgan fingerprint density at radius 1 is 1.12 bits per heavy atom. The molecule has 0 aliphatic carbocycles. The molecule has 25 heavy (non-hydrogen) atoms. The second-order valence-corrected chi connectivity index (χ2v) is 8.94. The van der Waals surface area contributed by atoms with E-state index in [1.807, 2.05) is 6.92 Å². The SMILES string of the molecule is C[C@H](C(=O)Nc1cccc(S(=O)(=O)N(C)C)c1)N1CCCCCCC1. The minimum absolute atomic E-state index is 0.0972. The first-order chi connectivity index (χ1) is 11.8. The predicted molar refractivity (Wildman–Crippen MR) is 100 cm³/mol. The molecule has 0 saturated carbocycles. The van der Waals surface area contributed by atoms with Gasteiger partial charge in [0.05, 0.1) is 10.9 Å². The van der Waals surface area contributed by atoms with Crippen molar-refractivity contribution in [2.24, 2.45) is 0 Å². The predicted octanol–water partition coefficient (Wildman–Crippen LogP) is 2.53. The Labute approximate surface area is 151 Å². The summed E-state index contributed by atoms with van der Waals surface area (Å²) in [5.41, 5.74) is 0.506. The number of nitrogens with zero attached hydrogens (tertiary/aromatic N) is 2. The maximum absolute atomic E-state index is 12.6. The van der Waals surface area contributed by atoms with E-state index >= 15 is 0 Å². The highest BCUT2D eigenvalue weighted by atomic mass is 32.2. The fourth-order valence-electron chi connectivity index (χ4n) is 3.02. The molecule has 1 aliphatic rings. The van der Waals surface area contributed by atoms with Gasteiger partial charge in [0.15, 0.2) is 0 Å². The van der Waals surface area contributed by atoms with Crippen LogP contribution in [0.1, 0.15) is 39.0 Å². The largest absolute Gasteiger partial charge is 0.325 e. The first-order valence-corrected chi connectivity index (χ1v) is 10.3. The average molecular weight is 368 g/mol. The van der Waals surface area contributed by atoms with Crippen LogP contribution in [0.2, 0.25) is 0 Å². The van der Waals surface area contributed by atoms with Gasteiger partial charge in [0, 0.05) is 19.8 Å². The van der Waals surface area contributed by atoms with Crippen molar-refractivity contribution in [2.45, 2.75) is 50.0 Å². The molecule has 0 spiro atoms. The number of rotatable bonds is 5. The van der Waals surface area contributed by atoms with Crippen LogP contribution in [-0.4, -0.2) is 56.8 Å². The summed E-state index contributed by atoms with van der Waals surface area (Å²) in [6.07, 6.45) is 5.95. The van der Waals surface area contributed by atoms with Crippen molar-refractivity contribution in [1.82, 2.24) is 9.21 Å². The number of hydrogen-bond donors (Lipinski definition) is 1. The second-order valence-electron chi connectivity index (χ2n) is 6.78. The summed E-state index contributed by atoms with van der Waals surface area (Å²) >= 11 is 0. The topological polar surface area (TPSA) is 69.7 Å². The number of benzene rings is 1. The molecule has 1 fully saturated rings. The molecule has 0 aromatic heterocycles. The van der Waals surface area contributed by atoms with Gasteiger partial charge >= 0.3 is 0 Å². The zero-order valence-electron chi connectivity index (χ0n) is 15.4. The van der Waals surface area contributed by atoms with E-state index in [4.69, 9.17) is 0 Å². The van der Waals surface area contributed by atoms with Crippen LogP contribution < -0.4 is 5.32 Å². The molecule has 1 amide bonds. The molecule has 1 atom stereocenters. The fourth-order valence-corrected chi connectivity index (χ4v) is 3.96. The van der Waals surface area contributed by atoms with Crippen LogP contribution in [-0.2, 0) is 14.8 Å². The van der Waals surface area contributed by atoms with Crippen LogP contribution in [0.5, 0.6) is 0 Å². The van der Waals surface area contributed by atoms with Crippen molar-refractivity contribution in [2.75, 3.05) is 32.5 Å². The Hall–Kier alpha value is -1.44. The van der Waals surface area contributed by atoms with Crippen molar-refractivity contribution < 1.29 is 13.2 Å². The Kier molecular flexibility index (Phi) is 6.98. The normalized spacial score (nSPS) is 18.4. The van der Waals surface area contributed by atoms with Gasteiger partial charge in [-0.15, -0.1) is 0 Å². The molecule has 6 nitrogen and oxygen atoms in total. The first-order valence-electron chi connectivity index (χ1n) is 8.90. The third-order valence-electron chi connectivity index (χ3n) is 4.70. The fraction of sp³-hybridized carbons (Fsp3) is 0.611. The maximum atomic E-state index is 12.6. The van der Waals surface area contributed by atoms with Crippen molar-refractivity contribution >= 4 is 21.6 Å². The molecule has 1 N–H and O–H groups in total. The molecule has 140 valence electrons. The number of likely N-dealkylation sites (tertiary alicyclic amines) is 1. The lowest BCUT2D eigenvalue weighted by molar-refractivity contribution is -0.120. The zero-order chi connectivity index (χ0) is 18.4. The molecule has 0 radical (unpaired) electrons. The van der Waals surface area contributed by atoms with Crippen LogP contribution in [0.3, 0.4) is 0 Å². The van der Waals surface area contributed by atoms with Gasteiger partial charge in [-0.05, 0) is 51.1 Å². The van der Waals surface area contributed by atoms with Crippen LogP contribution in [0, 0.1) is 0 Å². The van der Waals surface area contributed by atoms with Crippen LogP contribution in [0.15, 0.2) is 29.2 Å². The summed E-state index contributed by atoms with van der Waals surface area (Å²) in [7, 11) is -0.532. The van der Waals surface area contributed by atoms with E-state index in [9.17, 15) is 13.2 Å². The Bertz CT molecular complexity index is 681. The summed E-state index contributed by atoms with van der Waals surface area (Å²) < 4.78 is 25.6. The number of carbonyl (C=O) groups excluding carboxylic acids is 1. The van der Waals surface area contributed by atoms with Gasteiger partial charge in [0.2, 0.25) is 15.9 Å². The Morgan fingerprint density at radius 3 is 2.32 bits per heavy atom. The highest BCUT2D eigenvalue weighted by Gasteiger charge is 2.22. The number of sulfonamides is 1. The third-order valence-corrected chi connectivity index (χ3v) is 6.51. The van der Waals surface area contributed by atoms with Crippen LogP contribution in [0.25, 0.3) is 0 Å². The van der Waals surface area contributed by atoms with E-state index in [-0.39, 0.29) is 16.8 Å². The van der Waals surface area contributed by atoms with Gasteiger partial charge in [-0.25, -0.2) is 12.7 Å². The van der Waals surface area contributed by atoms with Crippen molar-refractivity contribution in [3.63, 3.8) is 0 Å². The van der Waals surface area contributed by atoms with Gasteiger partial charge in [-0.3, -0.25) is 9.69 Å². The molecular weight excluding hydrogens is 338 g/mol. The molecular formula is C18H29N3O3S.